The van der Waals surface area contributed by atoms with Gasteiger partial charge in [0.15, 0.2) is 0 Å². The van der Waals surface area contributed by atoms with E-state index < -0.39 is 0 Å². The molecule has 0 aromatic carbocycles. The average molecular weight is 253 g/mol. The predicted octanol–water partition coefficient (Wildman–Crippen LogP) is 3.97. The smallest absolute Gasteiger partial charge is 0.0589 e. The summed E-state index contributed by atoms with van der Waals surface area (Å²) in [6.07, 6.45) is 8.30. The van der Waals surface area contributed by atoms with Gasteiger partial charge in [0.2, 0.25) is 0 Å². The van der Waals surface area contributed by atoms with Crippen molar-refractivity contribution in [2.24, 2.45) is 5.92 Å². The van der Waals surface area contributed by atoms with Crippen LogP contribution in [0, 0.1) is 5.92 Å². The topological polar surface area (TPSA) is 24.9 Å². The van der Waals surface area contributed by atoms with E-state index in [0.29, 0.717) is 11.1 Å². The number of hydrogen-bond donors (Lipinski definition) is 1. The van der Waals surface area contributed by atoms with Gasteiger partial charge in [0.25, 0.3) is 0 Å². The maximum atomic E-state index is 5.88. The summed E-state index contributed by atoms with van der Waals surface area (Å²) in [6, 6.07) is 4.39. The van der Waals surface area contributed by atoms with Crippen molar-refractivity contribution in [1.29, 1.82) is 0 Å². The Morgan fingerprint density at radius 3 is 2.82 bits per heavy atom. The fourth-order valence-corrected chi connectivity index (χ4v) is 2.39. The lowest BCUT2D eigenvalue weighted by atomic mass is 9.80. The van der Waals surface area contributed by atoms with Gasteiger partial charge in [0, 0.05) is 12.2 Å². The molecule has 1 fully saturated rings. The molecule has 1 N–H and O–H groups in total. The van der Waals surface area contributed by atoms with Crippen molar-refractivity contribution in [1.82, 2.24) is 10.3 Å². The number of nitrogens with one attached hydrogen (secondary N) is 1. The average Bonchev–Trinajstić information content (AvgIpc) is 2.28. The first kappa shape index (κ1) is 12.8. The molecule has 1 aliphatic rings. The molecule has 1 saturated carbocycles. The fraction of sp³-hybridized carbons (Fsp3) is 0.643. The SMILES string of the molecule is CCCNC(CC1CCC1)c1ccc(Cl)cn1. The maximum absolute atomic E-state index is 5.88. The van der Waals surface area contributed by atoms with Crippen molar-refractivity contribution in [3.05, 3.63) is 29.0 Å². The van der Waals surface area contributed by atoms with E-state index in [1.807, 2.05) is 12.1 Å². The zero-order valence-electron chi connectivity index (χ0n) is 10.5. The number of pyridine rings is 1. The second kappa shape index (κ2) is 6.36. The highest BCUT2D eigenvalue weighted by atomic mass is 35.5. The van der Waals surface area contributed by atoms with Crippen LogP contribution >= 0.6 is 11.6 Å². The van der Waals surface area contributed by atoms with Gasteiger partial charge >= 0.3 is 0 Å². The first-order valence-corrected chi connectivity index (χ1v) is 7.02. The van der Waals surface area contributed by atoms with Crippen LogP contribution in [0.2, 0.25) is 5.02 Å². The van der Waals surface area contributed by atoms with Crippen molar-refractivity contribution < 1.29 is 0 Å². The van der Waals surface area contributed by atoms with Crippen LogP contribution in [0.5, 0.6) is 0 Å². The Morgan fingerprint density at radius 2 is 2.29 bits per heavy atom. The Morgan fingerprint density at radius 1 is 1.47 bits per heavy atom. The lowest BCUT2D eigenvalue weighted by molar-refractivity contribution is 0.259. The fourth-order valence-electron chi connectivity index (χ4n) is 2.28. The molecule has 94 valence electrons. The minimum Gasteiger partial charge on any atom is -0.309 e. The molecule has 0 saturated heterocycles. The molecule has 1 aromatic heterocycles. The lowest BCUT2D eigenvalue weighted by Gasteiger charge is -2.30. The van der Waals surface area contributed by atoms with Crippen molar-refractivity contribution in [2.75, 3.05) is 6.54 Å². The monoisotopic (exact) mass is 252 g/mol. The highest BCUT2D eigenvalue weighted by Gasteiger charge is 2.23. The standard InChI is InChI=1S/C14H21ClN2/c1-2-8-16-14(9-11-4-3-5-11)13-7-6-12(15)10-17-13/h6-7,10-11,14,16H,2-5,8-9H2,1H3. The molecule has 1 atom stereocenters. The van der Waals surface area contributed by atoms with Gasteiger partial charge in [-0.2, -0.15) is 0 Å². The molecule has 0 aliphatic heterocycles. The van der Waals surface area contributed by atoms with Crippen LogP contribution in [0.3, 0.4) is 0 Å². The molecule has 3 heteroatoms. The summed E-state index contributed by atoms with van der Waals surface area (Å²) >= 11 is 5.88. The second-order valence-electron chi connectivity index (χ2n) is 4.94. The molecule has 1 aromatic rings. The Hall–Kier alpha value is -0.600. The molecule has 0 spiro atoms. The summed E-state index contributed by atoms with van der Waals surface area (Å²) in [4.78, 5) is 4.45. The Kier molecular flexibility index (Phi) is 4.81. The van der Waals surface area contributed by atoms with Crippen LogP contribution in [0.15, 0.2) is 18.3 Å². The van der Waals surface area contributed by atoms with Crippen LogP contribution in [0.4, 0.5) is 0 Å². The van der Waals surface area contributed by atoms with Gasteiger partial charge in [-0.1, -0.05) is 37.8 Å². The zero-order valence-corrected chi connectivity index (χ0v) is 11.2. The van der Waals surface area contributed by atoms with E-state index in [1.165, 1.54) is 25.7 Å². The summed E-state index contributed by atoms with van der Waals surface area (Å²) in [6.45, 7) is 3.25. The molecule has 1 unspecified atom stereocenters. The van der Waals surface area contributed by atoms with Crippen molar-refractivity contribution >= 4 is 11.6 Å². The Bertz CT molecular complexity index is 333. The maximum Gasteiger partial charge on any atom is 0.0589 e. The molecular weight excluding hydrogens is 232 g/mol. The number of aromatic nitrogens is 1. The van der Waals surface area contributed by atoms with Gasteiger partial charge < -0.3 is 5.32 Å². The van der Waals surface area contributed by atoms with Crippen LogP contribution in [-0.2, 0) is 0 Å². The molecule has 1 aliphatic carbocycles. The minimum absolute atomic E-state index is 0.400. The summed E-state index contributed by atoms with van der Waals surface area (Å²) in [5.41, 5.74) is 1.13. The van der Waals surface area contributed by atoms with Crippen LogP contribution < -0.4 is 5.32 Å². The van der Waals surface area contributed by atoms with Crippen molar-refractivity contribution in [3.63, 3.8) is 0 Å². The molecule has 0 radical (unpaired) electrons. The van der Waals surface area contributed by atoms with Gasteiger partial charge in [-0.05, 0) is 37.4 Å². The van der Waals surface area contributed by atoms with E-state index in [4.69, 9.17) is 11.6 Å². The third kappa shape index (κ3) is 3.68. The first-order chi connectivity index (χ1) is 8.29. The molecule has 0 bridgehead atoms. The third-order valence-corrected chi connectivity index (χ3v) is 3.77. The molecule has 2 nitrogen and oxygen atoms in total. The normalized spacial score (nSPS) is 17.8. The van der Waals surface area contributed by atoms with Crippen LogP contribution in [0.1, 0.15) is 50.8 Å². The highest BCUT2D eigenvalue weighted by molar-refractivity contribution is 6.30. The van der Waals surface area contributed by atoms with Gasteiger partial charge in [0.1, 0.15) is 0 Å². The zero-order chi connectivity index (χ0) is 12.1. The summed E-state index contributed by atoms with van der Waals surface area (Å²) < 4.78 is 0. The van der Waals surface area contributed by atoms with Crippen LogP contribution in [0.25, 0.3) is 0 Å². The molecular formula is C14H21ClN2. The van der Waals surface area contributed by atoms with Crippen LogP contribution in [-0.4, -0.2) is 11.5 Å². The minimum atomic E-state index is 0.400. The van der Waals surface area contributed by atoms with Gasteiger partial charge in [-0.25, -0.2) is 0 Å². The quantitative estimate of drug-likeness (QED) is 0.829. The molecule has 17 heavy (non-hydrogen) atoms. The van der Waals surface area contributed by atoms with E-state index in [0.717, 1.165) is 24.6 Å². The summed E-state index contributed by atoms with van der Waals surface area (Å²) in [5.74, 6) is 0.891. The second-order valence-corrected chi connectivity index (χ2v) is 5.38. The number of hydrogen-bond acceptors (Lipinski definition) is 2. The summed E-state index contributed by atoms with van der Waals surface area (Å²) in [7, 11) is 0. The Balaban J connectivity index is 1.99. The van der Waals surface area contributed by atoms with Gasteiger partial charge in [-0.3, -0.25) is 4.98 Å². The first-order valence-electron chi connectivity index (χ1n) is 6.64. The molecule has 1 heterocycles. The predicted molar refractivity (Wildman–Crippen MR) is 72.2 cm³/mol. The highest BCUT2D eigenvalue weighted by Crippen LogP contribution is 2.34. The van der Waals surface area contributed by atoms with Gasteiger partial charge in [-0.15, -0.1) is 0 Å². The van der Waals surface area contributed by atoms with Crippen molar-refractivity contribution in [2.45, 2.75) is 45.1 Å². The Labute approximate surface area is 109 Å². The van der Waals surface area contributed by atoms with E-state index >= 15 is 0 Å². The molecule has 0 amide bonds. The number of nitrogens with zero attached hydrogens (tertiary/aromatic N) is 1. The van der Waals surface area contributed by atoms with Gasteiger partial charge in [0.05, 0.1) is 10.7 Å². The van der Waals surface area contributed by atoms with E-state index in [-0.39, 0.29) is 0 Å². The largest absolute Gasteiger partial charge is 0.309 e. The molecule has 2 rings (SSSR count). The van der Waals surface area contributed by atoms with E-state index in [9.17, 15) is 0 Å². The lowest BCUT2D eigenvalue weighted by Crippen LogP contribution is -2.27. The number of halogens is 1. The van der Waals surface area contributed by atoms with Crippen molar-refractivity contribution in [3.8, 4) is 0 Å². The van der Waals surface area contributed by atoms with E-state index in [1.54, 1.807) is 6.20 Å². The number of rotatable bonds is 6. The summed E-state index contributed by atoms with van der Waals surface area (Å²) in [5, 5.41) is 4.31. The van der Waals surface area contributed by atoms with E-state index in [2.05, 4.69) is 17.2 Å². The third-order valence-electron chi connectivity index (χ3n) is 3.54.